The Morgan fingerprint density at radius 2 is 1.76 bits per heavy atom. The minimum absolute atomic E-state index is 0.171. The zero-order valence-electron chi connectivity index (χ0n) is 9.92. The largest absolute Gasteiger partial charge is 0.385 e. The fourth-order valence-corrected chi connectivity index (χ4v) is 2.43. The number of nitrogens with zero attached hydrogens (tertiary/aromatic N) is 1. The second-order valence-corrected chi connectivity index (χ2v) is 4.56. The molecule has 0 aromatic heterocycles. The van der Waals surface area contributed by atoms with Gasteiger partial charge in [0.25, 0.3) is 0 Å². The fraction of sp³-hybridized carbons (Fsp3) is 0.538. The van der Waals surface area contributed by atoms with Crippen LogP contribution in [0.5, 0.6) is 0 Å². The predicted molar refractivity (Wildman–Crippen MR) is 61.6 cm³/mol. The van der Waals surface area contributed by atoms with E-state index in [2.05, 4.69) is 4.90 Å². The number of likely N-dealkylation sites (tertiary alicyclic amines) is 1. The van der Waals surface area contributed by atoms with Gasteiger partial charge in [-0.1, -0.05) is 13.0 Å². The van der Waals surface area contributed by atoms with Gasteiger partial charge in [0.05, 0.1) is 11.2 Å². The SMILES string of the molecule is CCN1CCC(O)(c2c(F)cccc2F)CC1. The van der Waals surface area contributed by atoms with Gasteiger partial charge in [-0.25, -0.2) is 8.78 Å². The predicted octanol–water partition coefficient (Wildman–Crippen LogP) is 2.27. The molecule has 0 aliphatic carbocycles. The highest BCUT2D eigenvalue weighted by atomic mass is 19.1. The molecule has 0 atom stereocenters. The van der Waals surface area contributed by atoms with E-state index >= 15 is 0 Å². The van der Waals surface area contributed by atoms with Crippen LogP contribution in [0.25, 0.3) is 0 Å². The van der Waals surface area contributed by atoms with Crippen molar-refractivity contribution in [1.29, 1.82) is 0 Å². The molecule has 0 bridgehead atoms. The van der Waals surface area contributed by atoms with E-state index in [1.54, 1.807) is 0 Å². The summed E-state index contributed by atoms with van der Waals surface area (Å²) in [4.78, 5) is 2.16. The second-order valence-electron chi connectivity index (χ2n) is 4.56. The topological polar surface area (TPSA) is 23.5 Å². The lowest BCUT2D eigenvalue weighted by Crippen LogP contribution is -2.43. The van der Waals surface area contributed by atoms with Crippen molar-refractivity contribution in [1.82, 2.24) is 4.90 Å². The molecule has 0 radical (unpaired) electrons. The van der Waals surface area contributed by atoms with E-state index < -0.39 is 17.2 Å². The lowest BCUT2D eigenvalue weighted by Gasteiger charge is -2.38. The Bertz CT molecular complexity index is 380. The van der Waals surface area contributed by atoms with Crippen molar-refractivity contribution >= 4 is 0 Å². The van der Waals surface area contributed by atoms with Crippen molar-refractivity contribution in [2.75, 3.05) is 19.6 Å². The number of halogens is 2. The quantitative estimate of drug-likeness (QED) is 0.858. The van der Waals surface area contributed by atoms with E-state index in [9.17, 15) is 13.9 Å². The monoisotopic (exact) mass is 241 g/mol. The summed E-state index contributed by atoms with van der Waals surface area (Å²) in [5, 5.41) is 10.4. The van der Waals surface area contributed by atoms with Crippen LogP contribution in [0.2, 0.25) is 0 Å². The Morgan fingerprint density at radius 3 is 2.24 bits per heavy atom. The highest BCUT2D eigenvalue weighted by molar-refractivity contribution is 5.27. The average molecular weight is 241 g/mol. The number of hydrogen-bond acceptors (Lipinski definition) is 2. The van der Waals surface area contributed by atoms with Crippen LogP contribution in [-0.2, 0) is 5.60 Å². The smallest absolute Gasteiger partial charge is 0.132 e. The highest BCUT2D eigenvalue weighted by Crippen LogP contribution is 2.35. The molecule has 0 saturated carbocycles. The molecule has 94 valence electrons. The van der Waals surface area contributed by atoms with Crippen molar-refractivity contribution in [3.8, 4) is 0 Å². The summed E-state index contributed by atoms with van der Waals surface area (Å²) < 4.78 is 27.3. The molecule has 0 unspecified atom stereocenters. The summed E-state index contributed by atoms with van der Waals surface area (Å²) in [6.07, 6.45) is 0.747. The third-order valence-electron chi connectivity index (χ3n) is 3.56. The number of rotatable bonds is 2. The van der Waals surface area contributed by atoms with Gasteiger partial charge >= 0.3 is 0 Å². The molecule has 2 rings (SSSR count). The Kier molecular flexibility index (Phi) is 3.45. The summed E-state index contributed by atoms with van der Waals surface area (Å²) in [5.74, 6) is -1.31. The number of aliphatic hydroxyl groups is 1. The zero-order valence-corrected chi connectivity index (χ0v) is 9.92. The van der Waals surface area contributed by atoms with Crippen LogP contribution in [0.4, 0.5) is 8.78 Å². The maximum Gasteiger partial charge on any atom is 0.132 e. The van der Waals surface area contributed by atoms with E-state index in [1.165, 1.54) is 18.2 Å². The maximum atomic E-state index is 13.6. The van der Waals surface area contributed by atoms with Gasteiger partial charge in [-0.3, -0.25) is 0 Å². The van der Waals surface area contributed by atoms with Crippen molar-refractivity contribution in [3.05, 3.63) is 35.4 Å². The third kappa shape index (κ3) is 2.33. The standard InChI is InChI=1S/C13H17F2NO/c1-2-16-8-6-13(17,7-9-16)12-10(14)4-3-5-11(12)15/h3-5,17H,2,6-9H2,1H3. The van der Waals surface area contributed by atoms with Crippen molar-refractivity contribution < 1.29 is 13.9 Å². The zero-order chi connectivity index (χ0) is 12.5. The number of piperidine rings is 1. The first-order valence-electron chi connectivity index (χ1n) is 5.96. The molecule has 17 heavy (non-hydrogen) atoms. The van der Waals surface area contributed by atoms with Gasteiger partial charge in [-0.15, -0.1) is 0 Å². The lowest BCUT2D eigenvalue weighted by atomic mass is 9.84. The van der Waals surface area contributed by atoms with E-state index in [0.717, 1.165) is 6.54 Å². The van der Waals surface area contributed by atoms with E-state index in [4.69, 9.17) is 0 Å². The Balaban J connectivity index is 2.27. The van der Waals surface area contributed by atoms with Gasteiger partial charge in [-0.05, 0) is 31.5 Å². The van der Waals surface area contributed by atoms with Gasteiger partial charge in [0.2, 0.25) is 0 Å². The minimum Gasteiger partial charge on any atom is -0.385 e. The molecular weight excluding hydrogens is 224 g/mol. The van der Waals surface area contributed by atoms with Crippen LogP contribution >= 0.6 is 0 Å². The third-order valence-corrected chi connectivity index (χ3v) is 3.56. The number of hydrogen-bond donors (Lipinski definition) is 1. The van der Waals surface area contributed by atoms with E-state index in [0.29, 0.717) is 25.9 Å². The Morgan fingerprint density at radius 1 is 1.24 bits per heavy atom. The first-order chi connectivity index (χ1) is 8.07. The van der Waals surface area contributed by atoms with Gasteiger partial charge in [0, 0.05) is 13.1 Å². The highest BCUT2D eigenvalue weighted by Gasteiger charge is 2.37. The van der Waals surface area contributed by atoms with Gasteiger partial charge < -0.3 is 10.0 Å². The molecule has 2 nitrogen and oxygen atoms in total. The fourth-order valence-electron chi connectivity index (χ4n) is 2.43. The van der Waals surface area contributed by atoms with E-state index in [-0.39, 0.29) is 5.56 Å². The molecule has 1 N–H and O–H groups in total. The molecule has 1 heterocycles. The Hall–Kier alpha value is -1.00. The average Bonchev–Trinajstić information content (AvgIpc) is 2.29. The summed E-state index contributed by atoms with van der Waals surface area (Å²) in [5.41, 5.74) is -1.53. The van der Waals surface area contributed by atoms with Gasteiger partial charge in [0.15, 0.2) is 0 Å². The molecule has 4 heteroatoms. The molecule has 1 saturated heterocycles. The normalized spacial score (nSPS) is 20.5. The van der Waals surface area contributed by atoms with E-state index in [1.807, 2.05) is 6.92 Å². The van der Waals surface area contributed by atoms with Gasteiger partial charge in [0.1, 0.15) is 11.6 Å². The molecule has 1 fully saturated rings. The van der Waals surface area contributed by atoms with Crippen molar-refractivity contribution in [3.63, 3.8) is 0 Å². The summed E-state index contributed by atoms with van der Waals surface area (Å²) in [7, 11) is 0. The van der Waals surface area contributed by atoms with Crippen LogP contribution in [0.3, 0.4) is 0 Å². The summed E-state index contributed by atoms with van der Waals surface area (Å²) in [6, 6.07) is 3.71. The van der Waals surface area contributed by atoms with Crippen LogP contribution in [0.1, 0.15) is 25.3 Å². The van der Waals surface area contributed by atoms with Crippen LogP contribution in [-0.4, -0.2) is 29.6 Å². The molecular formula is C13H17F2NO. The summed E-state index contributed by atoms with van der Waals surface area (Å²) in [6.45, 7) is 4.27. The van der Waals surface area contributed by atoms with Crippen molar-refractivity contribution in [2.45, 2.75) is 25.4 Å². The van der Waals surface area contributed by atoms with Crippen molar-refractivity contribution in [2.24, 2.45) is 0 Å². The second kappa shape index (κ2) is 4.70. The maximum absolute atomic E-state index is 13.6. The molecule has 1 aromatic carbocycles. The first-order valence-corrected chi connectivity index (χ1v) is 5.96. The van der Waals surface area contributed by atoms with Crippen LogP contribution in [0.15, 0.2) is 18.2 Å². The molecule has 1 aliphatic heterocycles. The van der Waals surface area contributed by atoms with Crippen LogP contribution < -0.4 is 0 Å². The summed E-state index contributed by atoms with van der Waals surface area (Å²) >= 11 is 0. The van der Waals surface area contributed by atoms with Gasteiger partial charge in [-0.2, -0.15) is 0 Å². The molecule has 0 amide bonds. The Labute approximate surface area is 99.9 Å². The molecule has 1 aromatic rings. The molecule has 1 aliphatic rings. The minimum atomic E-state index is -1.36. The molecule has 0 spiro atoms. The number of benzene rings is 1. The first kappa shape index (κ1) is 12.5. The van der Waals surface area contributed by atoms with Crippen LogP contribution in [0, 0.1) is 11.6 Å². The lowest BCUT2D eigenvalue weighted by molar-refractivity contribution is -0.0300.